The Kier molecular flexibility index (Phi) is 4.88. The maximum absolute atomic E-state index is 10.7. The SMILES string of the molecule is CCO/N=C1\CCCC[C@H]1SS(=O)(=O)O. The van der Waals surface area contributed by atoms with Crippen molar-refractivity contribution in [2.75, 3.05) is 6.61 Å². The van der Waals surface area contributed by atoms with Crippen LogP contribution in [0.15, 0.2) is 5.16 Å². The van der Waals surface area contributed by atoms with Crippen molar-refractivity contribution in [3.05, 3.63) is 0 Å². The highest BCUT2D eigenvalue weighted by atomic mass is 33.1. The van der Waals surface area contributed by atoms with Crippen LogP contribution in [-0.2, 0) is 14.0 Å². The molecule has 5 nitrogen and oxygen atoms in total. The summed E-state index contributed by atoms with van der Waals surface area (Å²) in [4.78, 5) is 4.92. The molecule has 0 spiro atoms. The lowest BCUT2D eigenvalue weighted by molar-refractivity contribution is 0.157. The Morgan fingerprint density at radius 1 is 1.60 bits per heavy atom. The summed E-state index contributed by atoms with van der Waals surface area (Å²) in [5, 5.41) is 3.62. The third-order valence-corrected chi connectivity index (χ3v) is 4.48. The summed E-state index contributed by atoms with van der Waals surface area (Å²) >= 11 is 0. The minimum atomic E-state index is -4.00. The molecule has 0 saturated heterocycles. The second-order valence-corrected chi connectivity index (χ2v) is 6.72. The summed E-state index contributed by atoms with van der Waals surface area (Å²) in [5.74, 6) is 0. The maximum atomic E-state index is 10.7. The van der Waals surface area contributed by atoms with Gasteiger partial charge in [0.05, 0.1) is 11.0 Å². The minimum Gasteiger partial charge on any atom is -0.396 e. The van der Waals surface area contributed by atoms with E-state index in [1.54, 1.807) is 0 Å². The standard InChI is InChI=1S/C8H15NO4S2/c1-2-13-9-7-5-3-4-6-8(7)14-15(10,11)12/h8H,2-6H2,1H3,(H,10,11,12)/b9-7+/t8-/m1/s1. The zero-order valence-corrected chi connectivity index (χ0v) is 10.2. The molecule has 1 aliphatic rings. The molecule has 1 saturated carbocycles. The Morgan fingerprint density at radius 3 is 2.93 bits per heavy atom. The average molecular weight is 253 g/mol. The molecular weight excluding hydrogens is 238 g/mol. The third kappa shape index (κ3) is 4.85. The van der Waals surface area contributed by atoms with Crippen LogP contribution in [0.5, 0.6) is 0 Å². The van der Waals surface area contributed by atoms with Crippen LogP contribution in [-0.4, -0.2) is 30.5 Å². The lowest BCUT2D eigenvalue weighted by atomic mass is 9.98. The van der Waals surface area contributed by atoms with Crippen LogP contribution >= 0.6 is 10.8 Å². The van der Waals surface area contributed by atoms with Crippen LogP contribution in [0.4, 0.5) is 0 Å². The molecule has 0 aliphatic heterocycles. The topological polar surface area (TPSA) is 76.0 Å². The predicted octanol–water partition coefficient (Wildman–Crippen LogP) is 1.86. The average Bonchev–Trinajstić information content (AvgIpc) is 2.14. The first-order chi connectivity index (χ1) is 7.03. The van der Waals surface area contributed by atoms with Crippen molar-refractivity contribution in [2.45, 2.75) is 37.9 Å². The molecule has 7 heteroatoms. The van der Waals surface area contributed by atoms with Gasteiger partial charge in [0.15, 0.2) is 0 Å². The van der Waals surface area contributed by atoms with Gasteiger partial charge in [0, 0.05) is 10.8 Å². The van der Waals surface area contributed by atoms with Gasteiger partial charge >= 0.3 is 9.15 Å². The van der Waals surface area contributed by atoms with Crippen molar-refractivity contribution >= 4 is 25.7 Å². The van der Waals surface area contributed by atoms with E-state index in [4.69, 9.17) is 9.39 Å². The summed E-state index contributed by atoms with van der Waals surface area (Å²) in [7, 11) is -3.45. The van der Waals surface area contributed by atoms with E-state index in [0.29, 0.717) is 17.4 Å². The molecule has 1 aliphatic carbocycles. The summed E-state index contributed by atoms with van der Waals surface area (Å²) in [5.41, 5.74) is 0.728. The fourth-order valence-electron chi connectivity index (χ4n) is 1.47. The molecule has 0 aromatic rings. The zero-order valence-electron chi connectivity index (χ0n) is 8.55. The first-order valence-corrected chi connectivity index (χ1v) is 7.71. The van der Waals surface area contributed by atoms with Crippen LogP contribution in [0.2, 0.25) is 0 Å². The van der Waals surface area contributed by atoms with Gasteiger partial charge in [-0.25, -0.2) is 0 Å². The molecule has 0 aromatic carbocycles. The Balaban J connectivity index is 2.66. The van der Waals surface area contributed by atoms with Gasteiger partial charge in [0.1, 0.15) is 6.61 Å². The van der Waals surface area contributed by atoms with E-state index in [2.05, 4.69) is 5.16 Å². The Labute approximate surface area is 93.4 Å². The third-order valence-electron chi connectivity index (χ3n) is 2.07. The van der Waals surface area contributed by atoms with Crippen LogP contribution < -0.4 is 0 Å². The lowest BCUT2D eigenvalue weighted by Crippen LogP contribution is -2.23. The zero-order chi connectivity index (χ0) is 11.3. The number of nitrogens with zero attached hydrogens (tertiary/aromatic N) is 1. The molecule has 0 aromatic heterocycles. The maximum Gasteiger partial charge on any atom is 0.320 e. The molecule has 1 N–H and O–H groups in total. The van der Waals surface area contributed by atoms with Gasteiger partial charge in [-0.15, -0.1) is 0 Å². The number of hydrogen-bond acceptors (Lipinski definition) is 5. The molecule has 1 fully saturated rings. The Morgan fingerprint density at radius 2 is 2.33 bits per heavy atom. The molecule has 0 radical (unpaired) electrons. The van der Waals surface area contributed by atoms with E-state index in [0.717, 1.165) is 31.4 Å². The fourth-order valence-corrected chi connectivity index (χ4v) is 3.80. The largest absolute Gasteiger partial charge is 0.396 e. The van der Waals surface area contributed by atoms with E-state index in [1.807, 2.05) is 6.92 Å². The van der Waals surface area contributed by atoms with Crippen molar-refractivity contribution in [1.82, 2.24) is 0 Å². The second kappa shape index (κ2) is 5.72. The van der Waals surface area contributed by atoms with Gasteiger partial charge in [-0.05, 0) is 26.2 Å². The van der Waals surface area contributed by atoms with Crippen molar-refractivity contribution in [2.24, 2.45) is 5.16 Å². The highest BCUT2D eigenvalue weighted by molar-refractivity contribution is 8.70. The van der Waals surface area contributed by atoms with Crippen LogP contribution in [0.25, 0.3) is 0 Å². The van der Waals surface area contributed by atoms with E-state index in [-0.39, 0.29) is 5.25 Å². The van der Waals surface area contributed by atoms with Gasteiger partial charge in [-0.1, -0.05) is 11.6 Å². The number of rotatable bonds is 4. The Bertz CT molecular complexity index is 326. The molecule has 1 atom stereocenters. The minimum absolute atomic E-state index is 0.264. The van der Waals surface area contributed by atoms with E-state index in [1.165, 1.54) is 0 Å². The van der Waals surface area contributed by atoms with Crippen LogP contribution in [0.1, 0.15) is 32.6 Å². The van der Waals surface area contributed by atoms with Crippen LogP contribution in [0, 0.1) is 0 Å². The number of oxime groups is 1. The molecule has 15 heavy (non-hydrogen) atoms. The summed E-state index contributed by atoms with van der Waals surface area (Å²) in [6, 6.07) is 0. The summed E-state index contributed by atoms with van der Waals surface area (Å²) in [6.45, 7) is 2.28. The summed E-state index contributed by atoms with van der Waals surface area (Å²) < 4.78 is 30.2. The van der Waals surface area contributed by atoms with Crippen molar-refractivity contribution < 1.29 is 17.8 Å². The van der Waals surface area contributed by atoms with Gasteiger partial charge in [0.2, 0.25) is 0 Å². The first kappa shape index (κ1) is 12.8. The van der Waals surface area contributed by atoms with Crippen molar-refractivity contribution in [3.63, 3.8) is 0 Å². The van der Waals surface area contributed by atoms with Crippen molar-refractivity contribution in [1.29, 1.82) is 0 Å². The van der Waals surface area contributed by atoms with Gasteiger partial charge in [0.25, 0.3) is 0 Å². The second-order valence-electron chi connectivity index (χ2n) is 3.26. The van der Waals surface area contributed by atoms with Gasteiger partial charge < -0.3 is 4.84 Å². The van der Waals surface area contributed by atoms with E-state index >= 15 is 0 Å². The fraction of sp³-hybridized carbons (Fsp3) is 0.875. The van der Waals surface area contributed by atoms with Crippen molar-refractivity contribution in [3.8, 4) is 0 Å². The highest BCUT2D eigenvalue weighted by Gasteiger charge is 2.26. The molecule has 1 rings (SSSR count). The molecule has 0 bridgehead atoms. The predicted molar refractivity (Wildman–Crippen MR) is 60.5 cm³/mol. The number of hydrogen-bond donors (Lipinski definition) is 1. The Hall–Kier alpha value is -0.270. The van der Waals surface area contributed by atoms with Crippen LogP contribution in [0.3, 0.4) is 0 Å². The monoisotopic (exact) mass is 253 g/mol. The molecule has 88 valence electrons. The lowest BCUT2D eigenvalue weighted by Gasteiger charge is -2.21. The highest BCUT2D eigenvalue weighted by Crippen LogP contribution is 2.29. The molecule has 0 unspecified atom stereocenters. The smallest absolute Gasteiger partial charge is 0.320 e. The van der Waals surface area contributed by atoms with Gasteiger partial charge in [-0.2, -0.15) is 8.42 Å². The molecular formula is C8H15NO4S2. The van der Waals surface area contributed by atoms with Gasteiger partial charge in [-0.3, -0.25) is 4.55 Å². The summed E-state index contributed by atoms with van der Waals surface area (Å²) in [6.07, 6.45) is 3.41. The first-order valence-electron chi connectivity index (χ1n) is 4.87. The molecule has 0 heterocycles. The normalized spacial score (nSPS) is 25.5. The molecule has 0 amide bonds. The quantitative estimate of drug-likeness (QED) is 0.470. The van der Waals surface area contributed by atoms with E-state index < -0.39 is 9.15 Å². The van der Waals surface area contributed by atoms with E-state index in [9.17, 15) is 8.42 Å².